The number of likely N-dealkylation sites (N-methyl/N-ethyl adjacent to an activating group) is 1. The van der Waals surface area contributed by atoms with E-state index in [0.717, 1.165) is 31.5 Å². The molecule has 1 aromatic rings. The fourth-order valence-electron chi connectivity index (χ4n) is 4.49. The highest BCUT2D eigenvalue weighted by Gasteiger charge is 2.40. The number of amides is 2. The van der Waals surface area contributed by atoms with Crippen LogP contribution in [0, 0.1) is 0 Å². The zero-order chi connectivity index (χ0) is 20.8. The van der Waals surface area contributed by atoms with Gasteiger partial charge >= 0.3 is 0 Å². The zero-order valence-corrected chi connectivity index (χ0v) is 17.8. The monoisotopic (exact) mass is 420 g/mol. The standard InChI is InChI=1S/C20H28N4O4S/c1-15(25)24-18-6-5-17(29(27,28)23-7-3-4-8-23)13-16(18)14-19(24)20(26)22-11-9-21(2)10-12-22/h5-6,13,19H,3-4,7-12,14H2,1-2H3. The van der Waals surface area contributed by atoms with Crippen molar-refractivity contribution in [2.75, 3.05) is 51.2 Å². The molecule has 8 nitrogen and oxygen atoms in total. The molecular formula is C20H28N4O4S. The Labute approximate surface area is 172 Å². The summed E-state index contributed by atoms with van der Waals surface area (Å²) in [6.45, 7) is 5.44. The Kier molecular flexibility index (Phi) is 5.39. The number of hydrogen-bond donors (Lipinski definition) is 0. The number of benzene rings is 1. The fourth-order valence-corrected chi connectivity index (χ4v) is 6.06. The van der Waals surface area contributed by atoms with Crippen LogP contribution in [0.4, 0.5) is 5.69 Å². The molecule has 3 heterocycles. The van der Waals surface area contributed by atoms with Crippen molar-refractivity contribution in [2.24, 2.45) is 0 Å². The minimum absolute atomic E-state index is 0.0616. The lowest BCUT2D eigenvalue weighted by Gasteiger charge is -2.35. The van der Waals surface area contributed by atoms with Crippen LogP contribution in [-0.2, 0) is 26.0 Å². The van der Waals surface area contributed by atoms with Crippen LogP contribution in [0.15, 0.2) is 23.1 Å². The third-order valence-corrected chi connectivity index (χ3v) is 8.07. The van der Waals surface area contributed by atoms with Gasteiger partial charge in [-0.15, -0.1) is 0 Å². The Morgan fingerprint density at radius 1 is 1.00 bits per heavy atom. The van der Waals surface area contributed by atoms with Crippen LogP contribution >= 0.6 is 0 Å². The summed E-state index contributed by atoms with van der Waals surface area (Å²) in [5.74, 6) is -0.264. The Morgan fingerprint density at radius 2 is 1.66 bits per heavy atom. The molecule has 2 saturated heterocycles. The maximum absolute atomic E-state index is 13.2. The SMILES string of the molecule is CC(=O)N1c2ccc(S(=O)(=O)N3CCCC3)cc2CC1C(=O)N1CCN(C)CC1. The second kappa shape index (κ2) is 7.70. The van der Waals surface area contributed by atoms with Gasteiger partial charge in [0.2, 0.25) is 21.8 Å². The van der Waals surface area contributed by atoms with Crippen LogP contribution in [-0.4, -0.2) is 86.7 Å². The van der Waals surface area contributed by atoms with Crippen LogP contribution in [0.1, 0.15) is 25.3 Å². The summed E-state index contributed by atoms with van der Waals surface area (Å²) >= 11 is 0. The van der Waals surface area contributed by atoms with Crippen molar-refractivity contribution in [2.45, 2.75) is 37.1 Å². The molecule has 2 amide bonds. The minimum Gasteiger partial charge on any atom is -0.338 e. The van der Waals surface area contributed by atoms with E-state index in [0.29, 0.717) is 38.3 Å². The fraction of sp³-hybridized carbons (Fsp3) is 0.600. The van der Waals surface area contributed by atoms with Gasteiger partial charge in [-0.3, -0.25) is 14.5 Å². The van der Waals surface area contributed by atoms with Crippen LogP contribution in [0.25, 0.3) is 0 Å². The van der Waals surface area contributed by atoms with E-state index in [4.69, 9.17) is 0 Å². The molecule has 29 heavy (non-hydrogen) atoms. The van der Waals surface area contributed by atoms with E-state index in [-0.39, 0.29) is 16.7 Å². The van der Waals surface area contributed by atoms with E-state index in [9.17, 15) is 18.0 Å². The number of fused-ring (bicyclic) bond motifs is 1. The van der Waals surface area contributed by atoms with Gasteiger partial charge in [0.15, 0.2) is 0 Å². The van der Waals surface area contributed by atoms with Crippen LogP contribution in [0.2, 0.25) is 0 Å². The van der Waals surface area contributed by atoms with Gasteiger partial charge in [0.25, 0.3) is 0 Å². The van der Waals surface area contributed by atoms with E-state index < -0.39 is 16.1 Å². The lowest BCUT2D eigenvalue weighted by Crippen LogP contribution is -2.54. The number of carbonyl (C=O) groups excluding carboxylic acids is 2. The van der Waals surface area contributed by atoms with Crippen molar-refractivity contribution in [3.8, 4) is 0 Å². The average Bonchev–Trinajstić information content (AvgIpc) is 3.35. The second-order valence-corrected chi connectivity index (χ2v) is 10.1. The van der Waals surface area contributed by atoms with Crippen LogP contribution < -0.4 is 4.90 Å². The molecule has 158 valence electrons. The molecule has 0 saturated carbocycles. The number of sulfonamides is 1. The lowest BCUT2D eigenvalue weighted by atomic mass is 10.1. The van der Waals surface area contributed by atoms with Crippen molar-refractivity contribution in [3.63, 3.8) is 0 Å². The number of nitrogens with zero attached hydrogens (tertiary/aromatic N) is 4. The molecule has 0 bridgehead atoms. The Hall–Kier alpha value is -1.97. The number of hydrogen-bond acceptors (Lipinski definition) is 5. The van der Waals surface area contributed by atoms with E-state index >= 15 is 0 Å². The number of rotatable bonds is 3. The van der Waals surface area contributed by atoms with E-state index in [1.165, 1.54) is 16.1 Å². The normalized spacial score (nSPS) is 23.4. The third kappa shape index (κ3) is 3.67. The predicted molar refractivity (Wildman–Crippen MR) is 109 cm³/mol. The first-order valence-electron chi connectivity index (χ1n) is 10.2. The van der Waals surface area contributed by atoms with Gasteiger partial charge < -0.3 is 9.80 Å². The zero-order valence-electron chi connectivity index (χ0n) is 17.0. The summed E-state index contributed by atoms with van der Waals surface area (Å²) in [5.41, 5.74) is 1.39. The Bertz CT molecular complexity index is 918. The van der Waals surface area contributed by atoms with Gasteiger partial charge in [0.05, 0.1) is 4.90 Å². The average molecular weight is 421 g/mol. The first-order chi connectivity index (χ1) is 13.8. The van der Waals surface area contributed by atoms with Gasteiger partial charge in [0, 0.05) is 58.3 Å². The van der Waals surface area contributed by atoms with Gasteiger partial charge in [-0.25, -0.2) is 8.42 Å². The van der Waals surface area contributed by atoms with Crippen molar-refractivity contribution in [3.05, 3.63) is 23.8 Å². The first-order valence-corrected chi connectivity index (χ1v) is 11.6. The van der Waals surface area contributed by atoms with Crippen molar-refractivity contribution in [1.29, 1.82) is 0 Å². The Morgan fingerprint density at radius 3 is 2.28 bits per heavy atom. The molecule has 1 aromatic carbocycles. The summed E-state index contributed by atoms with van der Waals surface area (Å²) in [6, 6.07) is 4.29. The van der Waals surface area contributed by atoms with Crippen LogP contribution in [0.5, 0.6) is 0 Å². The van der Waals surface area contributed by atoms with Crippen LogP contribution in [0.3, 0.4) is 0 Å². The van der Waals surface area contributed by atoms with Crippen molar-refractivity contribution in [1.82, 2.24) is 14.1 Å². The lowest BCUT2D eigenvalue weighted by molar-refractivity contribution is -0.135. The van der Waals surface area contributed by atoms with E-state index in [1.54, 1.807) is 18.2 Å². The second-order valence-electron chi connectivity index (χ2n) is 8.14. The summed E-state index contributed by atoms with van der Waals surface area (Å²) < 4.78 is 27.3. The predicted octanol–water partition coefficient (Wildman–Crippen LogP) is 0.523. The molecule has 0 spiro atoms. The third-order valence-electron chi connectivity index (χ3n) is 6.18. The van der Waals surface area contributed by atoms with Gasteiger partial charge in [-0.2, -0.15) is 4.31 Å². The Balaban J connectivity index is 1.61. The maximum atomic E-state index is 13.2. The molecule has 0 N–H and O–H groups in total. The first kappa shape index (κ1) is 20.3. The highest BCUT2D eigenvalue weighted by molar-refractivity contribution is 7.89. The molecule has 0 radical (unpaired) electrons. The molecule has 4 rings (SSSR count). The molecule has 0 aliphatic carbocycles. The largest absolute Gasteiger partial charge is 0.338 e. The van der Waals surface area contributed by atoms with E-state index in [1.807, 2.05) is 11.9 Å². The smallest absolute Gasteiger partial charge is 0.246 e. The van der Waals surface area contributed by atoms with E-state index in [2.05, 4.69) is 4.90 Å². The topological polar surface area (TPSA) is 81.2 Å². The molecule has 0 aromatic heterocycles. The number of carbonyl (C=O) groups is 2. The molecule has 1 atom stereocenters. The maximum Gasteiger partial charge on any atom is 0.246 e. The molecule has 9 heteroatoms. The molecule has 3 aliphatic heterocycles. The summed E-state index contributed by atoms with van der Waals surface area (Å²) in [4.78, 5) is 31.3. The van der Waals surface area contributed by atoms with Crippen molar-refractivity contribution >= 4 is 27.5 Å². The van der Waals surface area contributed by atoms with Gasteiger partial charge in [-0.05, 0) is 43.7 Å². The summed E-state index contributed by atoms with van der Waals surface area (Å²) in [7, 11) is -1.51. The highest BCUT2D eigenvalue weighted by atomic mass is 32.2. The molecule has 1 unspecified atom stereocenters. The number of piperazine rings is 1. The number of anilines is 1. The minimum atomic E-state index is -3.53. The van der Waals surface area contributed by atoms with Crippen molar-refractivity contribution < 1.29 is 18.0 Å². The van der Waals surface area contributed by atoms with Gasteiger partial charge in [-0.1, -0.05) is 0 Å². The molecule has 3 aliphatic rings. The highest BCUT2D eigenvalue weighted by Crippen LogP contribution is 2.36. The molecular weight excluding hydrogens is 392 g/mol. The van der Waals surface area contributed by atoms with Gasteiger partial charge in [0.1, 0.15) is 6.04 Å². The summed E-state index contributed by atoms with van der Waals surface area (Å²) in [6.07, 6.45) is 2.11. The molecule has 2 fully saturated rings. The summed E-state index contributed by atoms with van der Waals surface area (Å²) in [5, 5.41) is 0. The quantitative estimate of drug-likeness (QED) is 0.712.